The molecule has 0 aliphatic carbocycles. The van der Waals surface area contributed by atoms with Gasteiger partial charge in [-0.2, -0.15) is 5.10 Å². The molecule has 4 rings (SSSR count). The average molecular weight is 415 g/mol. The highest BCUT2D eigenvalue weighted by atomic mass is 16.3. The van der Waals surface area contributed by atoms with E-state index in [4.69, 9.17) is 9.40 Å². The number of carbonyl (C=O) groups excluding carboxylic acids is 1. The second-order valence-corrected chi connectivity index (χ2v) is 7.84. The van der Waals surface area contributed by atoms with Gasteiger partial charge in [0, 0.05) is 23.8 Å². The lowest BCUT2D eigenvalue weighted by atomic mass is 10.1. The predicted molar refractivity (Wildman–Crippen MR) is 123 cm³/mol. The average Bonchev–Trinajstić information content (AvgIpc) is 3.34. The van der Waals surface area contributed by atoms with Gasteiger partial charge in [-0.3, -0.25) is 4.79 Å². The molecule has 6 nitrogen and oxygen atoms in total. The molecule has 158 valence electrons. The summed E-state index contributed by atoms with van der Waals surface area (Å²) in [6, 6.07) is 13.5. The topological polar surface area (TPSA) is 64.2 Å². The number of para-hydroxylation sites is 1. The summed E-state index contributed by atoms with van der Waals surface area (Å²) < 4.78 is 7.57. The molecule has 0 saturated carbocycles. The molecule has 6 heteroatoms. The monoisotopic (exact) mass is 414 g/mol. The largest absolute Gasteiger partial charge is 0.466 e. The minimum absolute atomic E-state index is 0.105. The second-order valence-electron chi connectivity index (χ2n) is 7.84. The first-order valence-electron chi connectivity index (χ1n) is 10.3. The Morgan fingerprint density at radius 2 is 1.97 bits per heavy atom. The third-order valence-electron chi connectivity index (χ3n) is 5.23. The number of rotatable bonds is 6. The first-order chi connectivity index (χ1) is 14.9. The van der Waals surface area contributed by atoms with E-state index < -0.39 is 0 Å². The third kappa shape index (κ3) is 3.77. The normalized spacial score (nSPS) is 11.3. The van der Waals surface area contributed by atoms with Gasteiger partial charge in [0.25, 0.3) is 5.91 Å². The minimum Gasteiger partial charge on any atom is -0.466 e. The van der Waals surface area contributed by atoms with Crippen LogP contribution < -0.4 is 4.90 Å². The Labute approximate surface area is 181 Å². The second kappa shape index (κ2) is 8.22. The van der Waals surface area contributed by atoms with Gasteiger partial charge in [-0.25, -0.2) is 9.67 Å². The quantitative estimate of drug-likeness (QED) is 0.378. The Bertz CT molecular complexity index is 1250. The molecule has 0 fully saturated rings. The van der Waals surface area contributed by atoms with Crippen LogP contribution in [0.2, 0.25) is 0 Å². The number of anilines is 1. The summed E-state index contributed by atoms with van der Waals surface area (Å²) in [7, 11) is 0. The van der Waals surface area contributed by atoms with Crippen LogP contribution in [-0.4, -0.2) is 27.2 Å². The molecule has 0 aliphatic rings. The zero-order valence-electron chi connectivity index (χ0n) is 18.3. The molecule has 3 aromatic heterocycles. The molecule has 3 heterocycles. The fourth-order valence-electron chi connectivity index (χ4n) is 3.78. The first-order valence-corrected chi connectivity index (χ1v) is 10.3. The van der Waals surface area contributed by atoms with E-state index in [1.807, 2.05) is 74.8 Å². The van der Waals surface area contributed by atoms with Crippen LogP contribution >= 0.6 is 0 Å². The minimum atomic E-state index is -0.124. The van der Waals surface area contributed by atoms with Gasteiger partial charge in [-0.1, -0.05) is 24.3 Å². The summed E-state index contributed by atoms with van der Waals surface area (Å²) in [5, 5.41) is 5.25. The van der Waals surface area contributed by atoms with Crippen LogP contribution in [0.1, 0.15) is 41.8 Å². The molecule has 0 atom stereocenters. The molecule has 0 unspecified atom stereocenters. The number of carbonyl (C=O) groups is 1. The highest BCUT2D eigenvalue weighted by Crippen LogP contribution is 2.31. The van der Waals surface area contributed by atoms with Crippen molar-refractivity contribution in [3.05, 3.63) is 78.4 Å². The molecular formula is C25H26N4O2. The van der Waals surface area contributed by atoms with Crippen LogP contribution in [0, 0.1) is 13.8 Å². The standard InChI is InChI=1S/C25H26N4O2/c1-6-12-28(19-10-8-7-9-11-19)25(30)21-14-23(20-13-17(4)31-18(20)5)27-24-22(21)15-26-29(24)16(2)3/h6-11,13-16H,1,12H2,2-5H3. The Morgan fingerprint density at radius 3 is 2.58 bits per heavy atom. The van der Waals surface area contributed by atoms with E-state index in [1.165, 1.54) is 0 Å². The van der Waals surface area contributed by atoms with Crippen LogP contribution in [0.25, 0.3) is 22.3 Å². The number of nitrogens with zero attached hydrogens (tertiary/aromatic N) is 4. The molecule has 0 radical (unpaired) electrons. The van der Waals surface area contributed by atoms with Crippen LogP contribution in [0.15, 0.2) is 65.7 Å². The maximum atomic E-state index is 13.8. The van der Waals surface area contributed by atoms with Crippen molar-refractivity contribution in [1.29, 1.82) is 0 Å². The van der Waals surface area contributed by atoms with Crippen molar-refractivity contribution in [2.75, 3.05) is 11.4 Å². The molecule has 0 aliphatic heterocycles. The maximum Gasteiger partial charge on any atom is 0.259 e. The third-order valence-corrected chi connectivity index (χ3v) is 5.23. The molecule has 1 amide bonds. The Kier molecular flexibility index (Phi) is 5.46. The van der Waals surface area contributed by atoms with Gasteiger partial charge in [0.2, 0.25) is 0 Å². The summed E-state index contributed by atoms with van der Waals surface area (Å²) in [5.41, 5.74) is 3.61. The summed E-state index contributed by atoms with van der Waals surface area (Å²) in [6.07, 6.45) is 3.45. The molecule has 1 aromatic carbocycles. The molecule has 0 saturated heterocycles. The van der Waals surface area contributed by atoms with Crippen molar-refractivity contribution in [2.24, 2.45) is 0 Å². The fraction of sp³-hybridized carbons (Fsp3) is 0.240. The zero-order chi connectivity index (χ0) is 22.1. The molecule has 0 N–H and O–H groups in total. The number of benzene rings is 1. The van der Waals surface area contributed by atoms with Crippen molar-refractivity contribution < 1.29 is 9.21 Å². The van der Waals surface area contributed by atoms with Crippen molar-refractivity contribution in [3.63, 3.8) is 0 Å². The molecule has 0 spiro atoms. The lowest BCUT2D eigenvalue weighted by Crippen LogP contribution is -2.31. The number of furan rings is 1. The number of hydrogen-bond donors (Lipinski definition) is 0. The van der Waals surface area contributed by atoms with Crippen LogP contribution in [0.5, 0.6) is 0 Å². The predicted octanol–water partition coefficient (Wildman–Crippen LogP) is 5.72. The van der Waals surface area contributed by atoms with Crippen molar-refractivity contribution >= 4 is 22.6 Å². The van der Waals surface area contributed by atoms with Gasteiger partial charge in [0.1, 0.15) is 11.5 Å². The SMILES string of the molecule is C=CCN(C(=O)c1cc(-c2cc(C)oc2C)nc2c1cnn2C(C)C)c1ccccc1. The van der Waals surface area contributed by atoms with Gasteiger partial charge in [-0.15, -0.1) is 6.58 Å². The van der Waals surface area contributed by atoms with E-state index in [0.29, 0.717) is 23.4 Å². The number of hydrogen-bond acceptors (Lipinski definition) is 4. The van der Waals surface area contributed by atoms with Crippen LogP contribution in [-0.2, 0) is 0 Å². The summed E-state index contributed by atoms with van der Waals surface area (Å²) >= 11 is 0. The van der Waals surface area contributed by atoms with Gasteiger partial charge in [-0.05, 0) is 52.0 Å². The van der Waals surface area contributed by atoms with Crippen LogP contribution in [0.4, 0.5) is 5.69 Å². The lowest BCUT2D eigenvalue weighted by molar-refractivity contribution is 0.0991. The van der Waals surface area contributed by atoms with Gasteiger partial charge in [0.15, 0.2) is 5.65 Å². The van der Waals surface area contributed by atoms with Gasteiger partial charge in [0.05, 0.1) is 22.8 Å². The van der Waals surface area contributed by atoms with E-state index in [1.54, 1.807) is 17.2 Å². The summed E-state index contributed by atoms with van der Waals surface area (Å²) in [5.74, 6) is 1.45. The zero-order valence-corrected chi connectivity index (χ0v) is 18.3. The fourth-order valence-corrected chi connectivity index (χ4v) is 3.78. The molecule has 4 aromatic rings. The number of pyridine rings is 1. The summed E-state index contributed by atoms with van der Waals surface area (Å²) in [4.78, 5) is 20.4. The maximum absolute atomic E-state index is 13.8. The lowest BCUT2D eigenvalue weighted by Gasteiger charge is -2.22. The van der Waals surface area contributed by atoms with E-state index in [2.05, 4.69) is 11.7 Å². The highest BCUT2D eigenvalue weighted by Gasteiger charge is 2.24. The Morgan fingerprint density at radius 1 is 1.23 bits per heavy atom. The molecule has 31 heavy (non-hydrogen) atoms. The van der Waals surface area contributed by atoms with Crippen molar-refractivity contribution in [3.8, 4) is 11.3 Å². The van der Waals surface area contributed by atoms with E-state index in [-0.39, 0.29) is 11.9 Å². The molecular weight excluding hydrogens is 388 g/mol. The van der Waals surface area contributed by atoms with Crippen molar-refractivity contribution in [1.82, 2.24) is 14.8 Å². The smallest absolute Gasteiger partial charge is 0.259 e. The number of aromatic nitrogens is 3. The Balaban J connectivity index is 1.94. The summed E-state index contributed by atoms with van der Waals surface area (Å²) in [6.45, 7) is 12.1. The van der Waals surface area contributed by atoms with E-state index in [9.17, 15) is 4.79 Å². The molecule has 0 bridgehead atoms. The highest BCUT2D eigenvalue weighted by molar-refractivity contribution is 6.14. The van der Waals surface area contributed by atoms with Gasteiger partial charge >= 0.3 is 0 Å². The van der Waals surface area contributed by atoms with Gasteiger partial charge < -0.3 is 9.32 Å². The number of fused-ring (bicyclic) bond motifs is 1. The number of aryl methyl sites for hydroxylation is 2. The number of amides is 1. The van der Waals surface area contributed by atoms with Crippen molar-refractivity contribution in [2.45, 2.75) is 33.7 Å². The van der Waals surface area contributed by atoms with E-state index in [0.717, 1.165) is 28.2 Å². The van der Waals surface area contributed by atoms with E-state index >= 15 is 0 Å². The Hall–Kier alpha value is -3.67. The first kappa shape index (κ1) is 20.6. The van der Waals surface area contributed by atoms with Crippen LogP contribution in [0.3, 0.4) is 0 Å².